The molecule has 0 saturated carbocycles. The quantitative estimate of drug-likeness (QED) is 0.783. The molecule has 0 spiro atoms. The smallest absolute Gasteiger partial charge is 0.315 e. The predicted molar refractivity (Wildman–Crippen MR) is 52.5 cm³/mol. The van der Waals surface area contributed by atoms with Crippen LogP contribution in [0.4, 0.5) is 4.39 Å². The summed E-state index contributed by atoms with van der Waals surface area (Å²) in [6.45, 7) is -0.914. The highest BCUT2D eigenvalue weighted by Gasteiger charge is 2.13. The number of ether oxygens (including phenoxy) is 3. The molecule has 0 aliphatic carbocycles. The van der Waals surface area contributed by atoms with E-state index in [-0.39, 0.29) is 5.75 Å². The number of methoxy groups -OCH3 is 2. The molecule has 3 nitrogen and oxygen atoms in total. The topological polar surface area (TPSA) is 27.7 Å². The Morgan fingerprint density at radius 1 is 1.29 bits per heavy atom. The lowest BCUT2D eigenvalue weighted by atomic mass is 10.3. The fourth-order valence-electron chi connectivity index (χ4n) is 0.884. The van der Waals surface area contributed by atoms with E-state index in [0.29, 0.717) is 4.47 Å². The largest absolute Gasteiger partial charge is 0.437 e. The van der Waals surface area contributed by atoms with Crippen molar-refractivity contribution in [1.29, 1.82) is 0 Å². The Morgan fingerprint density at radius 2 is 1.93 bits per heavy atom. The van der Waals surface area contributed by atoms with Crippen molar-refractivity contribution in [2.75, 3.05) is 14.2 Å². The third-order valence-corrected chi connectivity index (χ3v) is 2.14. The molecule has 1 aromatic carbocycles. The first kappa shape index (κ1) is 11.4. The molecule has 0 N–H and O–H groups in total. The molecule has 1 aromatic rings. The molecule has 0 radical (unpaired) electrons. The van der Waals surface area contributed by atoms with Gasteiger partial charge in [0.25, 0.3) is 0 Å². The lowest BCUT2D eigenvalue weighted by Gasteiger charge is -2.16. The maximum atomic E-state index is 13.2. The normalized spacial score (nSPS) is 10.6. The van der Waals surface area contributed by atoms with Crippen molar-refractivity contribution in [3.05, 3.63) is 28.5 Å². The van der Waals surface area contributed by atoms with Crippen molar-refractivity contribution in [3.8, 4) is 5.75 Å². The van der Waals surface area contributed by atoms with E-state index in [1.165, 1.54) is 20.3 Å². The number of para-hydroxylation sites is 1. The van der Waals surface area contributed by atoms with Crippen LogP contribution in [0.1, 0.15) is 0 Å². The highest BCUT2D eigenvalue weighted by atomic mass is 79.9. The van der Waals surface area contributed by atoms with Gasteiger partial charge < -0.3 is 14.2 Å². The van der Waals surface area contributed by atoms with Crippen LogP contribution in [-0.2, 0) is 9.47 Å². The van der Waals surface area contributed by atoms with E-state index in [1.54, 1.807) is 12.1 Å². The van der Waals surface area contributed by atoms with Gasteiger partial charge in [0.1, 0.15) is 0 Å². The summed E-state index contributed by atoms with van der Waals surface area (Å²) in [5.41, 5.74) is 0. The third kappa shape index (κ3) is 2.67. The number of hydrogen-bond acceptors (Lipinski definition) is 3. The van der Waals surface area contributed by atoms with Crippen LogP contribution >= 0.6 is 15.9 Å². The molecule has 0 saturated heterocycles. The van der Waals surface area contributed by atoms with Crippen molar-refractivity contribution in [2.45, 2.75) is 6.48 Å². The minimum atomic E-state index is -0.914. The Bertz CT molecular complexity index is 282. The average molecular weight is 265 g/mol. The van der Waals surface area contributed by atoms with Gasteiger partial charge >= 0.3 is 6.48 Å². The van der Waals surface area contributed by atoms with Crippen LogP contribution in [0.2, 0.25) is 0 Å². The van der Waals surface area contributed by atoms with Gasteiger partial charge in [-0.2, -0.15) is 0 Å². The first-order chi connectivity index (χ1) is 6.69. The van der Waals surface area contributed by atoms with Crippen molar-refractivity contribution in [3.63, 3.8) is 0 Å². The molecule has 5 heteroatoms. The zero-order valence-electron chi connectivity index (χ0n) is 7.79. The van der Waals surface area contributed by atoms with Gasteiger partial charge in [-0.05, 0) is 28.1 Å². The summed E-state index contributed by atoms with van der Waals surface area (Å²) in [6, 6.07) is 4.53. The molecule has 0 fully saturated rings. The molecular weight excluding hydrogens is 255 g/mol. The Hall–Kier alpha value is -0.650. The van der Waals surface area contributed by atoms with Gasteiger partial charge in [0.2, 0.25) is 0 Å². The molecule has 0 heterocycles. The molecule has 14 heavy (non-hydrogen) atoms. The summed E-state index contributed by atoms with van der Waals surface area (Å²) >= 11 is 3.16. The van der Waals surface area contributed by atoms with Gasteiger partial charge in [-0.25, -0.2) is 4.39 Å². The van der Waals surface area contributed by atoms with Crippen LogP contribution in [-0.4, -0.2) is 20.7 Å². The summed E-state index contributed by atoms with van der Waals surface area (Å²) in [6.07, 6.45) is 0. The summed E-state index contributed by atoms with van der Waals surface area (Å²) in [5.74, 6) is -0.403. The Kier molecular flexibility index (Phi) is 4.31. The lowest BCUT2D eigenvalue weighted by molar-refractivity contribution is -0.220. The first-order valence-corrected chi connectivity index (χ1v) is 4.64. The highest BCUT2D eigenvalue weighted by Crippen LogP contribution is 2.28. The molecule has 0 unspecified atom stereocenters. The second kappa shape index (κ2) is 5.29. The molecule has 0 aliphatic heterocycles. The Balaban J connectivity index is 2.84. The SMILES string of the molecule is COC(OC)Oc1c(F)cccc1Br. The molecule has 1 rings (SSSR count). The number of benzene rings is 1. The fourth-order valence-corrected chi connectivity index (χ4v) is 1.32. The van der Waals surface area contributed by atoms with E-state index in [9.17, 15) is 4.39 Å². The van der Waals surface area contributed by atoms with Gasteiger partial charge in [0.05, 0.1) is 4.47 Å². The van der Waals surface area contributed by atoms with Gasteiger partial charge in [0.15, 0.2) is 11.6 Å². The summed E-state index contributed by atoms with van der Waals surface area (Å²) in [5, 5.41) is 0. The monoisotopic (exact) mass is 264 g/mol. The number of rotatable bonds is 4. The zero-order chi connectivity index (χ0) is 10.6. The average Bonchev–Trinajstić information content (AvgIpc) is 2.18. The molecule has 0 bridgehead atoms. The predicted octanol–water partition coefficient (Wildman–Crippen LogP) is 2.54. The van der Waals surface area contributed by atoms with Crippen LogP contribution in [0, 0.1) is 5.82 Å². The molecule has 0 amide bonds. The van der Waals surface area contributed by atoms with Crippen molar-refractivity contribution < 1.29 is 18.6 Å². The van der Waals surface area contributed by atoms with Crippen molar-refractivity contribution in [1.82, 2.24) is 0 Å². The standard InChI is InChI=1S/C9H10BrFO3/c1-12-9(13-2)14-8-6(10)4-3-5-7(8)11/h3-5,9H,1-2H3. The van der Waals surface area contributed by atoms with Crippen LogP contribution in [0.5, 0.6) is 5.75 Å². The highest BCUT2D eigenvalue weighted by molar-refractivity contribution is 9.10. The Labute approximate surface area is 89.9 Å². The minimum absolute atomic E-state index is 0.0706. The minimum Gasteiger partial charge on any atom is -0.437 e. The molecule has 0 aromatic heterocycles. The number of hydrogen-bond donors (Lipinski definition) is 0. The van der Waals surface area contributed by atoms with Crippen LogP contribution in [0.25, 0.3) is 0 Å². The van der Waals surface area contributed by atoms with Crippen LogP contribution < -0.4 is 4.74 Å². The van der Waals surface area contributed by atoms with E-state index >= 15 is 0 Å². The van der Waals surface area contributed by atoms with Gasteiger partial charge in [0, 0.05) is 14.2 Å². The van der Waals surface area contributed by atoms with Crippen LogP contribution in [0.3, 0.4) is 0 Å². The summed E-state index contributed by atoms with van der Waals surface area (Å²) < 4.78 is 28.4. The van der Waals surface area contributed by atoms with Gasteiger partial charge in [-0.15, -0.1) is 0 Å². The van der Waals surface area contributed by atoms with E-state index in [1.807, 2.05) is 0 Å². The van der Waals surface area contributed by atoms with Crippen molar-refractivity contribution >= 4 is 15.9 Å². The van der Waals surface area contributed by atoms with Gasteiger partial charge in [-0.1, -0.05) is 6.07 Å². The van der Waals surface area contributed by atoms with E-state index in [4.69, 9.17) is 14.2 Å². The second-order valence-electron chi connectivity index (χ2n) is 2.43. The summed E-state index contributed by atoms with van der Waals surface area (Å²) in [4.78, 5) is 0. The maximum absolute atomic E-state index is 13.2. The zero-order valence-corrected chi connectivity index (χ0v) is 9.38. The fraction of sp³-hybridized carbons (Fsp3) is 0.333. The number of halogens is 2. The van der Waals surface area contributed by atoms with E-state index < -0.39 is 12.3 Å². The molecule has 0 atom stereocenters. The van der Waals surface area contributed by atoms with E-state index in [2.05, 4.69) is 15.9 Å². The maximum Gasteiger partial charge on any atom is 0.315 e. The molecule has 78 valence electrons. The molecular formula is C9H10BrFO3. The van der Waals surface area contributed by atoms with E-state index in [0.717, 1.165) is 0 Å². The molecule has 0 aliphatic rings. The second-order valence-corrected chi connectivity index (χ2v) is 3.28. The van der Waals surface area contributed by atoms with Crippen molar-refractivity contribution in [2.24, 2.45) is 0 Å². The first-order valence-electron chi connectivity index (χ1n) is 3.85. The third-order valence-electron chi connectivity index (χ3n) is 1.52. The lowest BCUT2D eigenvalue weighted by Crippen LogP contribution is -2.21. The summed E-state index contributed by atoms with van der Waals surface area (Å²) in [7, 11) is 2.81. The Morgan fingerprint density at radius 3 is 2.43 bits per heavy atom. The van der Waals surface area contributed by atoms with Gasteiger partial charge in [-0.3, -0.25) is 0 Å². The van der Waals surface area contributed by atoms with Crippen LogP contribution in [0.15, 0.2) is 22.7 Å².